The lowest BCUT2D eigenvalue weighted by Crippen LogP contribution is -2.31. The normalized spacial score (nSPS) is 26.3. The van der Waals surface area contributed by atoms with Crippen molar-refractivity contribution in [2.45, 2.75) is 57.2 Å². The van der Waals surface area contributed by atoms with Crippen LogP contribution in [-0.4, -0.2) is 32.9 Å². The summed E-state index contributed by atoms with van der Waals surface area (Å²) in [5, 5.41) is 0. The van der Waals surface area contributed by atoms with E-state index in [1.807, 2.05) is 38.1 Å². The van der Waals surface area contributed by atoms with Crippen LogP contribution < -0.4 is 9.47 Å². The highest BCUT2D eigenvalue weighted by molar-refractivity contribution is 7.94. The molecular weight excluding hydrogens is 495 g/mol. The molecule has 0 amide bonds. The summed E-state index contributed by atoms with van der Waals surface area (Å²) in [7, 11) is -3.28. The Balaban J connectivity index is 1.28. The number of carbonyl (C=O) groups is 1. The molecule has 0 aromatic heterocycles. The Kier molecular flexibility index (Phi) is 6.64. The fourth-order valence-electron chi connectivity index (χ4n) is 5.19. The smallest absolute Gasteiger partial charge is 0.309 e. The van der Waals surface area contributed by atoms with E-state index in [1.54, 1.807) is 24.3 Å². The molecule has 37 heavy (non-hydrogen) atoms. The summed E-state index contributed by atoms with van der Waals surface area (Å²) < 4.78 is 56.2. The van der Waals surface area contributed by atoms with Gasteiger partial charge in [0.1, 0.15) is 29.0 Å². The van der Waals surface area contributed by atoms with Crippen LogP contribution in [0.1, 0.15) is 61.8 Å². The first-order chi connectivity index (χ1) is 17.6. The largest absolute Gasteiger partial charge is 0.486 e. The number of esters is 1. The van der Waals surface area contributed by atoms with E-state index in [9.17, 15) is 17.6 Å². The quantitative estimate of drug-likeness (QED) is 0.418. The molecule has 8 heteroatoms. The highest BCUT2D eigenvalue weighted by atomic mass is 32.2. The van der Waals surface area contributed by atoms with Crippen molar-refractivity contribution in [3.8, 4) is 11.5 Å². The Hall–Kier alpha value is -3.13. The average Bonchev–Trinajstić information content (AvgIpc) is 3.54. The zero-order valence-corrected chi connectivity index (χ0v) is 22.0. The van der Waals surface area contributed by atoms with Crippen molar-refractivity contribution in [1.82, 2.24) is 0 Å². The van der Waals surface area contributed by atoms with Gasteiger partial charge in [-0.2, -0.15) is 0 Å². The molecule has 6 nitrogen and oxygen atoms in total. The second-order valence-electron chi connectivity index (χ2n) is 10.2. The topological polar surface area (TPSA) is 78.9 Å². The van der Waals surface area contributed by atoms with Crippen molar-refractivity contribution >= 4 is 15.8 Å². The van der Waals surface area contributed by atoms with E-state index in [4.69, 9.17) is 14.2 Å². The van der Waals surface area contributed by atoms with Crippen molar-refractivity contribution in [3.63, 3.8) is 0 Å². The number of hydrogen-bond donors (Lipinski definition) is 0. The zero-order valence-electron chi connectivity index (χ0n) is 21.2. The molecule has 5 rings (SSSR count). The maximum Gasteiger partial charge on any atom is 0.309 e. The molecule has 0 heterocycles. The molecule has 0 aliphatic heterocycles. The molecule has 3 aliphatic rings. The molecule has 0 radical (unpaired) electrons. The standard InChI is InChI=1S/C29H31FO6S/c1-4-34-28(31)23-17-22(23)18-5-7-19(8-6-18)35-26-11-9-21-25(12-10-24(30)27(21)26)36-29(2)15-13-20(14-16-29)37(3,32)33/h5-8,10,12-15,22-23,26H,4,9,11,16-17H2,1-3H3/t22-,23+,26-,29?/m1/s1. The van der Waals surface area contributed by atoms with Gasteiger partial charge in [0, 0.05) is 23.8 Å². The van der Waals surface area contributed by atoms with Crippen molar-refractivity contribution in [2.24, 2.45) is 5.92 Å². The number of sulfone groups is 1. The first-order valence-corrected chi connectivity index (χ1v) is 14.5. The molecule has 1 saturated carbocycles. The van der Waals surface area contributed by atoms with E-state index in [0.29, 0.717) is 42.9 Å². The van der Waals surface area contributed by atoms with Crippen molar-refractivity contribution in [2.75, 3.05) is 12.9 Å². The number of allylic oxidation sites excluding steroid dienone is 1. The van der Waals surface area contributed by atoms with Crippen LogP contribution in [0.25, 0.3) is 0 Å². The van der Waals surface area contributed by atoms with Crippen molar-refractivity contribution in [1.29, 1.82) is 0 Å². The molecule has 3 aliphatic carbocycles. The summed E-state index contributed by atoms with van der Waals surface area (Å²) in [4.78, 5) is 12.2. The fourth-order valence-corrected chi connectivity index (χ4v) is 5.89. The zero-order chi connectivity index (χ0) is 26.4. The lowest BCUT2D eigenvalue weighted by Gasteiger charge is -2.30. The summed E-state index contributed by atoms with van der Waals surface area (Å²) >= 11 is 0. The highest BCUT2D eigenvalue weighted by Crippen LogP contribution is 2.49. The Bertz CT molecular complexity index is 1380. The summed E-state index contributed by atoms with van der Waals surface area (Å²) in [6, 6.07) is 10.7. The molecule has 196 valence electrons. The third-order valence-electron chi connectivity index (χ3n) is 7.29. The van der Waals surface area contributed by atoms with E-state index in [0.717, 1.165) is 17.5 Å². The maximum absolute atomic E-state index is 15.0. The summed E-state index contributed by atoms with van der Waals surface area (Å²) in [6.45, 7) is 4.07. The summed E-state index contributed by atoms with van der Waals surface area (Å²) in [6.07, 6.45) is 8.12. The van der Waals surface area contributed by atoms with Crippen LogP contribution in [0.4, 0.5) is 4.39 Å². The van der Waals surface area contributed by atoms with Gasteiger partial charge in [0.15, 0.2) is 9.84 Å². The van der Waals surface area contributed by atoms with Crippen LogP contribution in [0.15, 0.2) is 59.5 Å². The molecule has 4 atom stereocenters. The second-order valence-corrected chi connectivity index (χ2v) is 12.2. The highest BCUT2D eigenvalue weighted by Gasteiger charge is 2.45. The van der Waals surface area contributed by atoms with Gasteiger partial charge in [0.25, 0.3) is 0 Å². The van der Waals surface area contributed by atoms with Gasteiger partial charge in [-0.3, -0.25) is 4.79 Å². The van der Waals surface area contributed by atoms with Gasteiger partial charge in [-0.1, -0.05) is 18.2 Å². The second kappa shape index (κ2) is 9.63. The minimum Gasteiger partial charge on any atom is -0.486 e. The van der Waals surface area contributed by atoms with E-state index in [-0.39, 0.29) is 28.5 Å². The first kappa shape index (κ1) is 25.5. The monoisotopic (exact) mass is 526 g/mol. The number of halogens is 1. The van der Waals surface area contributed by atoms with E-state index in [2.05, 4.69) is 0 Å². The van der Waals surface area contributed by atoms with Crippen molar-refractivity contribution < 1.29 is 31.8 Å². The van der Waals surface area contributed by atoms with Gasteiger partial charge in [-0.05, 0) is 81.0 Å². The number of fused-ring (bicyclic) bond motifs is 1. The lowest BCUT2D eigenvalue weighted by atomic mass is 9.97. The van der Waals surface area contributed by atoms with Crippen LogP contribution in [0, 0.1) is 11.7 Å². The van der Waals surface area contributed by atoms with Gasteiger partial charge < -0.3 is 14.2 Å². The van der Waals surface area contributed by atoms with E-state index >= 15 is 0 Å². The summed E-state index contributed by atoms with van der Waals surface area (Å²) in [5.74, 6) is 0.848. The number of ether oxygens (including phenoxy) is 3. The minimum atomic E-state index is -3.28. The van der Waals surface area contributed by atoms with Crippen LogP contribution in [-0.2, 0) is 25.8 Å². The summed E-state index contributed by atoms with van der Waals surface area (Å²) in [5.41, 5.74) is 1.62. The van der Waals surface area contributed by atoms with Crippen LogP contribution in [0.5, 0.6) is 11.5 Å². The Labute approximate surface area is 217 Å². The molecular formula is C29H31FO6S. The van der Waals surface area contributed by atoms with Crippen LogP contribution >= 0.6 is 0 Å². The first-order valence-electron chi connectivity index (χ1n) is 12.6. The van der Waals surface area contributed by atoms with Gasteiger partial charge in [0.05, 0.1) is 17.4 Å². The Morgan fingerprint density at radius 2 is 1.92 bits per heavy atom. The SMILES string of the molecule is CCOC(=O)[C@H]1C[C@@H]1c1ccc(O[C@@H]2CCc3c(OC4(C)C=CC(S(C)(=O)=O)=CC4)ccc(F)c32)cc1. The van der Waals surface area contributed by atoms with Gasteiger partial charge in [-0.25, -0.2) is 12.8 Å². The van der Waals surface area contributed by atoms with E-state index in [1.165, 1.54) is 12.3 Å². The average molecular weight is 527 g/mol. The number of carbonyl (C=O) groups excluding carboxylic acids is 1. The van der Waals surface area contributed by atoms with Crippen LogP contribution in [0.2, 0.25) is 0 Å². The molecule has 2 aromatic rings. The lowest BCUT2D eigenvalue weighted by molar-refractivity contribution is -0.144. The Morgan fingerprint density at radius 1 is 1.16 bits per heavy atom. The minimum absolute atomic E-state index is 0.0738. The number of rotatable bonds is 8. The fraction of sp³-hybridized carbons (Fsp3) is 0.414. The Morgan fingerprint density at radius 3 is 2.57 bits per heavy atom. The molecule has 0 saturated heterocycles. The number of benzene rings is 2. The maximum atomic E-state index is 15.0. The third-order valence-corrected chi connectivity index (χ3v) is 8.44. The molecule has 1 unspecified atom stereocenters. The molecule has 1 fully saturated rings. The van der Waals surface area contributed by atoms with E-state index < -0.39 is 21.5 Å². The number of hydrogen-bond acceptors (Lipinski definition) is 6. The van der Waals surface area contributed by atoms with Gasteiger partial charge in [-0.15, -0.1) is 0 Å². The molecule has 2 aromatic carbocycles. The van der Waals surface area contributed by atoms with Crippen LogP contribution in [0.3, 0.4) is 0 Å². The third kappa shape index (κ3) is 5.30. The predicted molar refractivity (Wildman–Crippen MR) is 138 cm³/mol. The van der Waals surface area contributed by atoms with Gasteiger partial charge in [0.2, 0.25) is 0 Å². The van der Waals surface area contributed by atoms with Crippen molar-refractivity contribution in [3.05, 3.63) is 82.0 Å². The molecule has 0 N–H and O–H groups in total. The van der Waals surface area contributed by atoms with Gasteiger partial charge >= 0.3 is 5.97 Å². The predicted octanol–water partition coefficient (Wildman–Crippen LogP) is 5.58. The molecule has 0 bridgehead atoms. The molecule has 0 spiro atoms.